The molecule has 0 saturated carbocycles. The van der Waals surface area contributed by atoms with Crippen molar-refractivity contribution in [2.75, 3.05) is 0 Å². The van der Waals surface area contributed by atoms with Crippen LogP contribution in [-0.4, -0.2) is 15.1 Å². The van der Waals surface area contributed by atoms with Crippen LogP contribution in [0.3, 0.4) is 0 Å². The molecule has 0 aliphatic heterocycles. The molecule has 8 nitrogen and oxygen atoms in total. The molecular formula is C19H11BrClN3O5. The minimum absolute atomic E-state index is 0.0148. The van der Waals surface area contributed by atoms with Gasteiger partial charge in [0.05, 0.1) is 9.95 Å². The lowest BCUT2D eigenvalue weighted by molar-refractivity contribution is -0.384. The van der Waals surface area contributed by atoms with Gasteiger partial charge < -0.3 is 13.7 Å². The Balaban J connectivity index is 1.46. The van der Waals surface area contributed by atoms with E-state index >= 15 is 0 Å². The molecule has 0 spiro atoms. The number of nitrogens with zero attached hydrogens (tertiary/aromatic N) is 3. The normalized spacial score (nSPS) is 10.8. The van der Waals surface area contributed by atoms with Crippen LogP contribution in [0, 0.1) is 10.1 Å². The highest BCUT2D eigenvalue weighted by Gasteiger charge is 2.16. The van der Waals surface area contributed by atoms with E-state index in [1.54, 1.807) is 36.4 Å². The summed E-state index contributed by atoms with van der Waals surface area (Å²) in [5.74, 6) is 1.95. The number of nitro benzene ring substituents is 1. The van der Waals surface area contributed by atoms with Gasteiger partial charge in [0.2, 0.25) is 5.82 Å². The van der Waals surface area contributed by atoms with E-state index in [2.05, 4.69) is 26.1 Å². The number of halogens is 2. The van der Waals surface area contributed by atoms with Gasteiger partial charge in [-0.05, 0) is 42.5 Å². The Kier molecular flexibility index (Phi) is 5.32. The number of hydrogen-bond acceptors (Lipinski definition) is 7. The predicted octanol–water partition coefficient (Wildman–Crippen LogP) is 5.90. The SMILES string of the molecule is O=[N+]([O-])c1ccc(-c2noc(-c3ccc(COc4ccc(Br)cc4Cl)o3)n2)cc1. The molecule has 0 saturated heterocycles. The van der Waals surface area contributed by atoms with Gasteiger partial charge in [-0.2, -0.15) is 4.98 Å². The van der Waals surface area contributed by atoms with Crippen molar-refractivity contribution in [1.82, 2.24) is 10.1 Å². The maximum absolute atomic E-state index is 10.7. The van der Waals surface area contributed by atoms with Crippen molar-refractivity contribution in [1.29, 1.82) is 0 Å². The maximum Gasteiger partial charge on any atom is 0.293 e. The first kappa shape index (κ1) is 19.2. The van der Waals surface area contributed by atoms with Crippen LogP contribution in [0.5, 0.6) is 5.75 Å². The molecule has 2 heterocycles. The first-order valence-corrected chi connectivity index (χ1v) is 9.42. The van der Waals surface area contributed by atoms with Crippen molar-refractivity contribution in [3.8, 4) is 28.8 Å². The minimum Gasteiger partial charge on any atom is -0.484 e. The van der Waals surface area contributed by atoms with E-state index in [-0.39, 0.29) is 18.2 Å². The Morgan fingerprint density at radius 1 is 1.14 bits per heavy atom. The zero-order valence-electron chi connectivity index (χ0n) is 14.5. The fourth-order valence-corrected chi connectivity index (χ4v) is 3.21. The van der Waals surface area contributed by atoms with Crippen LogP contribution in [0.1, 0.15) is 5.76 Å². The Hall–Kier alpha value is -3.17. The van der Waals surface area contributed by atoms with E-state index in [4.69, 9.17) is 25.3 Å². The lowest BCUT2D eigenvalue weighted by Crippen LogP contribution is -1.94. The average molecular weight is 477 g/mol. The third-order valence-corrected chi connectivity index (χ3v) is 4.69. The highest BCUT2D eigenvalue weighted by molar-refractivity contribution is 9.10. The van der Waals surface area contributed by atoms with Crippen molar-refractivity contribution in [3.05, 3.63) is 80.0 Å². The van der Waals surface area contributed by atoms with Gasteiger partial charge in [0.25, 0.3) is 11.6 Å². The zero-order chi connectivity index (χ0) is 20.4. The third-order valence-electron chi connectivity index (χ3n) is 3.90. The third kappa shape index (κ3) is 4.30. The monoisotopic (exact) mass is 475 g/mol. The molecule has 2 aromatic heterocycles. The smallest absolute Gasteiger partial charge is 0.293 e. The van der Waals surface area contributed by atoms with Crippen molar-refractivity contribution in [2.45, 2.75) is 6.61 Å². The van der Waals surface area contributed by atoms with Gasteiger partial charge in [-0.3, -0.25) is 10.1 Å². The zero-order valence-corrected chi connectivity index (χ0v) is 16.9. The molecule has 0 unspecified atom stereocenters. The summed E-state index contributed by atoms with van der Waals surface area (Å²) in [7, 11) is 0. The van der Waals surface area contributed by atoms with Crippen LogP contribution in [0.4, 0.5) is 5.69 Å². The number of non-ortho nitro benzene ring substituents is 1. The molecule has 0 fully saturated rings. The lowest BCUT2D eigenvalue weighted by atomic mass is 10.2. The van der Waals surface area contributed by atoms with Crippen LogP contribution in [0.15, 0.2) is 68.0 Å². The molecule has 0 radical (unpaired) electrons. The van der Waals surface area contributed by atoms with Crippen LogP contribution >= 0.6 is 27.5 Å². The van der Waals surface area contributed by atoms with Crippen molar-refractivity contribution < 1.29 is 18.6 Å². The Morgan fingerprint density at radius 3 is 2.66 bits per heavy atom. The van der Waals surface area contributed by atoms with Crippen LogP contribution in [0.25, 0.3) is 23.0 Å². The lowest BCUT2D eigenvalue weighted by Gasteiger charge is -2.06. The Bertz CT molecular complexity index is 1170. The van der Waals surface area contributed by atoms with Crippen LogP contribution in [0.2, 0.25) is 5.02 Å². The Morgan fingerprint density at radius 2 is 1.93 bits per heavy atom. The molecule has 0 N–H and O–H groups in total. The molecular weight excluding hydrogens is 466 g/mol. The topological polar surface area (TPSA) is 104 Å². The van der Waals surface area contributed by atoms with E-state index in [9.17, 15) is 10.1 Å². The van der Waals surface area contributed by atoms with Gasteiger partial charge in [0.1, 0.15) is 18.1 Å². The van der Waals surface area contributed by atoms with E-state index in [1.807, 2.05) is 6.07 Å². The average Bonchev–Trinajstić information content (AvgIpc) is 3.37. The number of ether oxygens (including phenoxy) is 1. The van der Waals surface area contributed by atoms with Crippen LogP contribution < -0.4 is 4.74 Å². The second-order valence-corrected chi connectivity index (χ2v) is 7.18. The number of benzene rings is 2. The number of furan rings is 1. The maximum atomic E-state index is 10.7. The fraction of sp³-hybridized carbons (Fsp3) is 0.0526. The van der Waals surface area contributed by atoms with Crippen molar-refractivity contribution in [2.24, 2.45) is 0 Å². The molecule has 0 atom stereocenters. The summed E-state index contributed by atoms with van der Waals surface area (Å²) in [6.45, 7) is 0.171. The first-order chi connectivity index (χ1) is 14.0. The summed E-state index contributed by atoms with van der Waals surface area (Å²) >= 11 is 9.47. The fourth-order valence-electron chi connectivity index (χ4n) is 2.48. The number of hydrogen-bond donors (Lipinski definition) is 0. The highest BCUT2D eigenvalue weighted by Crippen LogP contribution is 2.29. The summed E-state index contributed by atoms with van der Waals surface area (Å²) in [6, 6.07) is 14.6. The van der Waals surface area contributed by atoms with Gasteiger partial charge in [0.15, 0.2) is 5.76 Å². The largest absolute Gasteiger partial charge is 0.484 e. The molecule has 0 amide bonds. The molecule has 4 aromatic rings. The summed E-state index contributed by atoms with van der Waals surface area (Å²) in [6.07, 6.45) is 0. The van der Waals surface area contributed by atoms with Crippen LogP contribution in [-0.2, 0) is 6.61 Å². The van der Waals surface area contributed by atoms with Gasteiger partial charge in [-0.15, -0.1) is 0 Å². The molecule has 10 heteroatoms. The molecule has 146 valence electrons. The van der Waals surface area contributed by atoms with E-state index in [0.29, 0.717) is 33.7 Å². The van der Waals surface area contributed by atoms with E-state index in [0.717, 1.165) is 4.47 Å². The molecule has 0 aliphatic rings. The quantitative estimate of drug-likeness (QED) is 0.252. The van der Waals surface area contributed by atoms with Crippen molar-refractivity contribution in [3.63, 3.8) is 0 Å². The predicted molar refractivity (Wildman–Crippen MR) is 108 cm³/mol. The van der Waals surface area contributed by atoms with Gasteiger partial charge in [-0.25, -0.2) is 0 Å². The summed E-state index contributed by atoms with van der Waals surface area (Å²) in [5.41, 5.74) is 0.574. The molecule has 29 heavy (non-hydrogen) atoms. The number of nitro groups is 1. The molecule has 4 rings (SSSR count). The Labute approximate surface area is 177 Å². The minimum atomic E-state index is -0.473. The second kappa shape index (κ2) is 8.06. The molecule has 2 aromatic carbocycles. The number of rotatable bonds is 6. The summed E-state index contributed by atoms with van der Waals surface area (Å²) < 4.78 is 17.4. The second-order valence-electron chi connectivity index (χ2n) is 5.86. The van der Waals surface area contributed by atoms with Crippen molar-refractivity contribution >= 4 is 33.2 Å². The van der Waals surface area contributed by atoms with E-state index < -0.39 is 4.92 Å². The number of aromatic nitrogens is 2. The summed E-state index contributed by atoms with van der Waals surface area (Å²) in [5, 5.41) is 15.1. The first-order valence-electron chi connectivity index (χ1n) is 8.25. The molecule has 0 aliphatic carbocycles. The molecule has 0 bridgehead atoms. The van der Waals surface area contributed by atoms with E-state index in [1.165, 1.54) is 12.1 Å². The summed E-state index contributed by atoms with van der Waals surface area (Å²) in [4.78, 5) is 14.5. The standard InChI is InChI=1S/C19H11BrClN3O5/c20-12-3-7-16(15(21)9-12)27-10-14-6-8-17(28-14)19-22-18(23-29-19)11-1-4-13(5-2-11)24(25)26/h1-9H,10H2. The highest BCUT2D eigenvalue weighted by atomic mass is 79.9. The van der Waals surface area contributed by atoms with Gasteiger partial charge in [0, 0.05) is 22.2 Å². The van der Waals surface area contributed by atoms with Gasteiger partial charge in [-0.1, -0.05) is 32.7 Å². The van der Waals surface area contributed by atoms with Gasteiger partial charge >= 0.3 is 0 Å².